The predicted octanol–water partition coefficient (Wildman–Crippen LogP) is 1.07. The molecule has 126 valence electrons. The minimum atomic E-state index is -1.29. The molecule has 22 heavy (non-hydrogen) atoms. The number of aliphatic carboxylic acids is 2. The van der Waals surface area contributed by atoms with Gasteiger partial charge in [0.05, 0.1) is 12.8 Å². The van der Waals surface area contributed by atoms with E-state index >= 15 is 0 Å². The molecular formula is C14H22O8. The van der Waals surface area contributed by atoms with Gasteiger partial charge in [-0.2, -0.15) is 0 Å². The topological polar surface area (TPSA) is 127 Å². The van der Waals surface area contributed by atoms with Crippen molar-refractivity contribution in [2.75, 3.05) is 0 Å². The van der Waals surface area contributed by atoms with E-state index in [2.05, 4.69) is 0 Å². The highest BCUT2D eigenvalue weighted by Gasteiger charge is 2.28. The van der Waals surface area contributed by atoms with Crippen LogP contribution in [-0.4, -0.2) is 46.3 Å². The fraction of sp³-hybridized carbons (Fsp3) is 0.714. The van der Waals surface area contributed by atoms with Gasteiger partial charge in [0.2, 0.25) is 12.2 Å². The third-order valence-electron chi connectivity index (χ3n) is 2.75. The van der Waals surface area contributed by atoms with Gasteiger partial charge in [0, 0.05) is 11.8 Å². The number of carbonyl (C=O) groups excluding carboxylic acids is 2. The minimum Gasteiger partial charge on any atom is -0.478 e. The molecule has 0 saturated heterocycles. The quantitative estimate of drug-likeness (QED) is 0.604. The summed E-state index contributed by atoms with van der Waals surface area (Å²) < 4.78 is 9.52. The second-order valence-electron chi connectivity index (χ2n) is 5.49. The molecule has 0 spiro atoms. The zero-order valence-electron chi connectivity index (χ0n) is 13.1. The van der Waals surface area contributed by atoms with Gasteiger partial charge in [-0.25, -0.2) is 9.59 Å². The summed E-state index contributed by atoms with van der Waals surface area (Å²) >= 11 is 0. The first-order valence-electron chi connectivity index (χ1n) is 6.90. The number of carbonyl (C=O) groups is 4. The first-order valence-corrected chi connectivity index (χ1v) is 6.90. The molecule has 2 atom stereocenters. The Labute approximate surface area is 128 Å². The first-order chi connectivity index (χ1) is 10.1. The van der Waals surface area contributed by atoms with E-state index in [9.17, 15) is 19.2 Å². The molecule has 0 saturated carbocycles. The molecule has 0 heterocycles. The molecule has 0 aliphatic rings. The second-order valence-corrected chi connectivity index (χ2v) is 5.49. The summed E-state index contributed by atoms with van der Waals surface area (Å²) in [6, 6.07) is 0. The van der Waals surface area contributed by atoms with Crippen LogP contribution >= 0.6 is 0 Å². The highest BCUT2D eigenvalue weighted by atomic mass is 16.6. The van der Waals surface area contributed by atoms with Crippen LogP contribution in [0.1, 0.15) is 40.5 Å². The zero-order valence-corrected chi connectivity index (χ0v) is 13.1. The highest BCUT2D eigenvalue weighted by molar-refractivity contribution is 5.82. The molecule has 0 aromatic rings. The van der Waals surface area contributed by atoms with Crippen LogP contribution in [0.15, 0.2) is 0 Å². The molecule has 0 aromatic heterocycles. The van der Waals surface area contributed by atoms with Crippen LogP contribution in [-0.2, 0) is 28.7 Å². The van der Waals surface area contributed by atoms with Gasteiger partial charge in [0.25, 0.3) is 0 Å². The van der Waals surface area contributed by atoms with Crippen molar-refractivity contribution >= 4 is 23.9 Å². The van der Waals surface area contributed by atoms with E-state index in [-0.39, 0.29) is 12.8 Å². The molecule has 0 rings (SSSR count). The normalized spacial score (nSPS) is 13.5. The molecule has 8 heteroatoms. The molecule has 0 aromatic carbocycles. The summed E-state index contributed by atoms with van der Waals surface area (Å²) in [5, 5.41) is 17.8. The van der Waals surface area contributed by atoms with E-state index in [0.29, 0.717) is 0 Å². The lowest BCUT2D eigenvalue weighted by atomic mass is 10.1. The van der Waals surface area contributed by atoms with Crippen molar-refractivity contribution in [2.24, 2.45) is 11.8 Å². The van der Waals surface area contributed by atoms with Gasteiger partial charge in [0.1, 0.15) is 0 Å². The van der Waals surface area contributed by atoms with Crippen molar-refractivity contribution in [3.63, 3.8) is 0 Å². The van der Waals surface area contributed by atoms with Crippen LogP contribution in [0.25, 0.3) is 0 Å². The lowest BCUT2D eigenvalue weighted by Crippen LogP contribution is -2.33. The maximum Gasteiger partial charge on any atom is 0.345 e. The van der Waals surface area contributed by atoms with Crippen LogP contribution in [0.4, 0.5) is 0 Å². The Morgan fingerprint density at radius 3 is 1.18 bits per heavy atom. The van der Waals surface area contributed by atoms with Crippen LogP contribution in [0.3, 0.4) is 0 Å². The lowest BCUT2D eigenvalue weighted by molar-refractivity contribution is -0.170. The van der Waals surface area contributed by atoms with Crippen molar-refractivity contribution in [2.45, 2.75) is 52.7 Å². The standard InChI is InChI=1S/C14H22O8/c1-7(2)11(13(17)18)21-9(15)5-6-10(16)22-12(8(3)4)14(19)20/h7-8,11-12H,5-6H2,1-4H3,(H,17,18)(H,19,20). The third kappa shape index (κ3) is 7.05. The van der Waals surface area contributed by atoms with Crippen molar-refractivity contribution in [3.05, 3.63) is 0 Å². The maximum atomic E-state index is 11.5. The van der Waals surface area contributed by atoms with E-state index in [0.717, 1.165) is 0 Å². The van der Waals surface area contributed by atoms with Crippen LogP contribution in [0.2, 0.25) is 0 Å². The zero-order chi connectivity index (χ0) is 17.4. The largest absolute Gasteiger partial charge is 0.478 e. The summed E-state index contributed by atoms with van der Waals surface area (Å²) in [7, 11) is 0. The number of esters is 2. The van der Waals surface area contributed by atoms with Crippen LogP contribution in [0, 0.1) is 11.8 Å². The number of hydrogen-bond donors (Lipinski definition) is 2. The Morgan fingerprint density at radius 2 is 1.00 bits per heavy atom. The number of rotatable bonds is 9. The minimum absolute atomic E-state index is 0.375. The Kier molecular flexibility index (Phi) is 8.14. The average molecular weight is 318 g/mol. The summed E-state index contributed by atoms with van der Waals surface area (Å²) in [5.41, 5.74) is 0. The average Bonchev–Trinajstić information content (AvgIpc) is 2.38. The summed E-state index contributed by atoms with van der Waals surface area (Å²) in [6.45, 7) is 6.34. The Balaban J connectivity index is 4.38. The van der Waals surface area contributed by atoms with E-state index in [4.69, 9.17) is 19.7 Å². The first kappa shape index (κ1) is 19.9. The fourth-order valence-corrected chi connectivity index (χ4v) is 1.55. The molecule has 0 fully saturated rings. The van der Waals surface area contributed by atoms with Gasteiger partial charge >= 0.3 is 23.9 Å². The summed E-state index contributed by atoms with van der Waals surface area (Å²) in [6.07, 6.45) is -3.32. The Hall–Kier alpha value is -2.12. The van der Waals surface area contributed by atoms with Gasteiger partial charge in [-0.05, 0) is 0 Å². The fourth-order valence-electron chi connectivity index (χ4n) is 1.55. The molecular weight excluding hydrogens is 296 g/mol. The Bertz CT molecular complexity index is 387. The van der Waals surface area contributed by atoms with Crippen molar-refractivity contribution in [3.8, 4) is 0 Å². The maximum absolute atomic E-state index is 11.5. The molecule has 0 radical (unpaired) electrons. The highest BCUT2D eigenvalue weighted by Crippen LogP contribution is 2.11. The molecule has 0 aliphatic carbocycles. The molecule has 0 bridgehead atoms. The van der Waals surface area contributed by atoms with Gasteiger partial charge < -0.3 is 19.7 Å². The molecule has 0 amide bonds. The van der Waals surface area contributed by atoms with Crippen molar-refractivity contribution in [1.82, 2.24) is 0 Å². The van der Waals surface area contributed by atoms with E-state index in [1.165, 1.54) is 0 Å². The second kappa shape index (κ2) is 9.01. The van der Waals surface area contributed by atoms with E-state index < -0.39 is 47.9 Å². The number of carboxylic acids is 2. The summed E-state index contributed by atoms with van der Waals surface area (Å²) in [4.78, 5) is 44.8. The summed E-state index contributed by atoms with van der Waals surface area (Å²) in [5.74, 6) is -5.06. The van der Waals surface area contributed by atoms with E-state index in [1.807, 2.05) is 0 Å². The van der Waals surface area contributed by atoms with Crippen molar-refractivity contribution < 1.29 is 38.9 Å². The monoisotopic (exact) mass is 318 g/mol. The van der Waals surface area contributed by atoms with Gasteiger partial charge in [-0.15, -0.1) is 0 Å². The molecule has 2 unspecified atom stereocenters. The Morgan fingerprint density at radius 1 is 0.727 bits per heavy atom. The van der Waals surface area contributed by atoms with Gasteiger partial charge in [-0.1, -0.05) is 27.7 Å². The van der Waals surface area contributed by atoms with Crippen LogP contribution in [0.5, 0.6) is 0 Å². The molecule has 2 N–H and O–H groups in total. The van der Waals surface area contributed by atoms with Crippen molar-refractivity contribution in [1.29, 1.82) is 0 Å². The number of ether oxygens (including phenoxy) is 2. The SMILES string of the molecule is CC(C)C(OC(=O)CCC(=O)OC(C(=O)O)C(C)C)C(=O)O. The smallest absolute Gasteiger partial charge is 0.345 e. The number of carboxylic acid groups (broad SMARTS) is 2. The van der Waals surface area contributed by atoms with Gasteiger partial charge in [-0.3, -0.25) is 9.59 Å². The van der Waals surface area contributed by atoms with E-state index in [1.54, 1.807) is 27.7 Å². The van der Waals surface area contributed by atoms with Crippen LogP contribution < -0.4 is 0 Å². The molecule has 8 nitrogen and oxygen atoms in total. The number of hydrogen-bond acceptors (Lipinski definition) is 6. The van der Waals surface area contributed by atoms with Gasteiger partial charge in [0.15, 0.2) is 0 Å². The third-order valence-corrected chi connectivity index (χ3v) is 2.75. The predicted molar refractivity (Wildman–Crippen MR) is 73.9 cm³/mol. The lowest BCUT2D eigenvalue weighted by Gasteiger charge is -2.18. The molecule has 0 aliphatic heterocycles.